The minimum absolute atomic E-state index is 0.181. The Bertz CT molecular complexity index is 317. The highest BCUT2D eigenvalue weighted by molar-refractivity contribution is 5.95. The summed E-state index contributed by atoms with van der Waals surface area (Å²) in [6.07, 6.45) is 5.42. The normalized spacial score (nSPS) is 11.4. The van der Waals surface area contributed by atoms with Crippen LogP contribution in [0.25, 0.3) is 0 Å². The van der Waals surface area contributed by atoms with E-state index in [0.717, 1.165) is 6.54 Å². The molecule has 0 aliphatic rings. The molecular formula is C14H24N2O. The SMILES string of the molecule is CCCCCN(CC(=O)c1ccc[nH]1)C(C)C. The minimum Gasteiger partial charge on any atom is -0.359 e. The molecular weight excluding hydrogens is 212 g/mol. The molecule has 0 spiro atoms. The van der Waals surface area contributed by atoms with Gasteiger partial charge in [0, 0.05) is 12.2 Å². The molecule has 1 N–H and O–H groups in total. The van der Waals surface area contributed by atoms with Crippen molar-refractivity contribution in [2.24, 2.45) is 0 Å². The second-order valence-corrected chi connectivity index (χ2v) is 4.78. The number of Topliss-reactive ketones (excluding diaryl/α,β-unsaturated/α-hetero) is 1. The van der Waals surface area contributed by atoms with Gasteiger partial charge in [0.25, 0.3) is 0 Å². The van der Waals surface area contributed by atoms with Gasteiger partial charge in [-0.1, -0.05) is 19.8 Å². The van der Waals surface area contributed by atoms with Crippen molar-refractivity contribution in [2.45, 2.75) is 46.1 Å². The van der Waals surface area contributed by atoms with Gasteiger partial charge in [0.1, 0.15) is 0 Å². The zero-order valence-corrected chi connectivity index (χ0v) is 11.2. The van der Waals surface area contributed by atoms with Gasteiger partial charge in [-0.3, -0.25) is 9.69 Å². The van der Waals surface area contributed by atoms with E-state index in [1.165, 1.54) is 19.3 Å². The highest BCUT2D eigenvalue weighted by Crippen LogP contribution is 2.06. The van der Waals surface area contributed by atoms with Crippen LogP contribution in [0.1, 0.15) is 50.5 Å². The van der Waals surface area contributed by atoms with Crippen molar-refractivity contribution in [2.75, 3.05) is 13.1 Å². The molecule has 0 fully saturated rings. The van der Waals surface area contributed by atoms with Gasteiger partial charge in [-0.25, -0.2) is 0 Å². The molecule has 96 valence electrons. The summed E-state index contributed by atoms with van der Waals surface area (Å²) in [6.45, 7) is 8.02. The maximum absolute atomic E-state index is 12.0. The van der Waals surface area contributed by atoms with Crippen LogP contribution < -0.4 is 0 Å². The summed E-state index contributed by atoms with van der Waals surface area (Å²) >= 11 is 0. The van der Waals surface area contributed by atoms with E-state index >= 15 is 0 Å². The number of rotatable bonds is 8. The number of ketones is 1. The molecule has 0 saturated heterocycles. The molecule has 1 aromatic heterocycles. The molecule has 0 aromatic carbocycles. The molecule has 0 bridgehead atoms. The van der Waals surface area contributed by atoms with Crippen LogP contribution in [0.3, 0.4) is 0 Å². The van der Waals surface area contributed by atoms with E-state index in [1.807, 2.05) is 12.1 Å². The van der Waals surface area contributed by atoms with Crippen LogP contribution in [0.2, 0.25) is 0 Å². The molecule has 0 amide bonds. The first-order valence-electron chi connectivity index (χ1n) is 6.55. The molecule has 0 atom stereocenters. The number of nitrogens with one attached hydrogen (secondary N) is 1. The van der Waals surface area contributed by atoms with Crippen LogP contribution in [0, 0.1) is 0 Å². The van der Waals surface area contributed by atoms with Crippen LogP contribution in [-0.4, -0.2) is 34.8 Å². The first kappa shape index (κ1) is 14.0. The van der Waals surface area contributed by atoms with Gasteiger partial charge in [-0.05, 0) is 38.9 Å². The number of aromatic nitrogens is 1. The van der Waals surface area contributed by atoms with Crippen molar-refractivity contribution < 1.29 is 4.79 Å². The van der Waals surface area contributed by atoms with Crippen LogP contribution in [0.4, 0.5) is 0 Å². The Morgan fingerprint density at radius 2 is 2.18 bits per heavy atom. The third kappa shape index (κ3) is 4.73. The van der Waals surface area contributed by atoms with Gasteiger partial charge < -0.3 is 4.98 Å². The Morgan fingerprint density at radius 1 is 1.41 bits per heavy atom. The zero-order valence-electron chi connectivity index (χ0n) is 11.2. The minimum atomic E-state index is 0.181. The lowest BCUT2D eigenvalue weighted by Gasteiger charge is -2.25. The van der Waals surface area contributed by atoms with Gasteiger partial charge in [-0.15, -0.1) is 0 Å². The molecule has 0 aliphatic heterocycles. The lowest BCUT2D eigenvalue weighted by molar-refractivity contribution is 0.0899. The number of hydrogen-bond acceptors (Lipinski definition) is 2. The average Bonchev–Trinajstić information content (AvgIpc) is 2.81. The van der Waals surface area contributed by atoms with Crippen molar-refractivity contribution in [3.8, 4) is 0 Å². The lowest BCUT2D eigenvalue weighted by atomic mass is 10.2. The molecule has 17 heavy (non-hydrogen) atoms. The predicted molar refractivity (Wildman–Crippen MR) is 71.4 cm³/mol. The fraction of sp³-hybridized carbons (Fsp3) is 0.643. The summed E-state index contributed by atoms with van der Waals surface area (Å²) in [5.41, 5.74) is 0.714. The Hall–Kier alpha value is -1.09. The van der Waals surface area contributed by atoms with E-state index in [-0.39, 0.29) is 5.78 Å². The second kappa shape index (κ2) is 7.28. The van der Waals surface area contributed by atoms with Crippen LogP contribution in [0.5, 0.6) is 0 Å². The van der Waals surface area contributed by atoms with Gasteiger partial charge in [-0.2, -0.15) is 0 Å². The second-order valence-electron chi connectivity index (χ2n) is 4.78. The van der Waals surface area contributed by atoms with Gasteiger partial charge in [0.15, 0.2) is 5.78 Å². The molecule has 0 unspecified atom stereocenters. The number of aromatic amines is 1. The van der Waals surface area contributed by atoms with E-state index < -0.39 is 0 Å². The van der Waals surface area contributed by atoms with Crippen molar-refractivity contribution in [1.29, 1.82) is 0 Å². The lowest BCUT2D eigenvalue weighted by Crippen LogP contribution is -2.36. The molecule has 3 heteroatoms. The Balaban J connectivity index is 2.46. The Kier molecular flexibility index (Phi) is 5.98. The highest BCUT2D eigenvalue weighted by atomic mass is 16.1. The van der Waals surface area contributed by atoms with E-state index in [0.29, 0.717) is 18.3 Å². The van der Waals surface area contributed by atoms with Crippen LogP contribution in [0.15, 0.2) is 18.3 Å². The van der Waals surface area contributed by atoms with Crippen LogP contribution in [-0.2, 0) is 0 Å². The van der Waals surface area contributed by atoms with Gasteiger partial charge in [0.05, 0.1) is 12.2 Å². The number of carbonyl (C=O) groups is 1. The fourth-order valence-corrected chi connectivity index (χ4v) is 1.86. The molecule has 0 radical (unpaired) electrons. The van der Waals surface area contributed by atoms with E-state index in [4.69, 9.17) is 0 Å². The molecule has 0 aliphatic carbocycles. The molecule has 1 aromatic rings. The largest absolute Gasteiger partial charge is 0.359 e. The standard InChI is InChI=1S/C14H24N2O/c1-4-5-6-10-16(12(2)3)11-14(17)13-8-7-9-15-13/h7-9,12,15H,4-6,10-11H2,1-3H3. The third-order valence-corrected chi connectivity index (χ3v) is 3.02. The molecule has 3 nitrogen and oxygen atoms in total. The zero-order chi connectivity index (χ0) is 12.7. The van der Waals surface area contributed by atoms with Crippen LogP contribution >= 0.6 is 0 Å². The number of hydrogen-bond donors (Lipinski definition) is 1. The average molecular weight is 236 g/mol. The summed E-state index contributed by atoms with van der Waals surface area (Å²) < 4.78 is 0. The van der Waals surface area contributed by atoms with E-state index in [2.05, 4.69) is 30.7 Å². The summed E-state index contributed by atoms with van der Waals surface area (Å²) in [6, 6.07) is 4.13. The van der Waals surface area contributed by atoms with Crippen molar-refractivity contribution in [3.05, 3.63) is 24.0 Å². The molecule has 1 heterocycles. The van der Waals surface area contributed by atoms with Crippen molar-refractivity contribution >= 4 is 5.78 Å². The smallest absolute Gasteiger partial charge is 0.192 e. The third-order valence-electron chi connectivity index (χ3n) is 3.02. The van der Waals surface area contributed by atoms with Gasteiger partial charge >= 0.3 is 0 Å². The first-order chi connectivity index (χ1) is 8.15. The topological polar surface area (TPSA) is 36.1 Å². The molecule has 0 saturated carbocycles. The van der Waals surface area contributed by atoms with Gasteiger partial charge in [0.2, 0.25) is 0 Å². The maximum Gasteiger partial charge on any atom is 0.192 e. The predicted octanol–water partition coefficient (Wildman–Crippen LogP) is 3.10. The quantitative estimate of drug-likeness (QED) is 0.556. The maximum atomic E-state index is 12.0. The number of unbranched alkanes of at least 4 members (excludes halogenated alkanes) is 2. The monoisotopic (exact) mass is 236 g/mol. The Morgan fingerprint density at radius 3 is 2.71 bits per heavy atom. The number of carbonyl (C=O) groups excluding carboxylic acids is 1. The summed E-state index contributed by atoms with van der Waals surface area (Å²) in [5, 5.41) is 0. The first-order valence-corrected chi connectivity index (χ1v) is 6.55. The number of nitrogens with zero attached hydrogens (tertiary/aromatic N) is 1. The summed E-state index contributed by atoms with van der Waals surface area (Å²) in [7, 11) is 0. The van der Waals surface area contributed by atoms with E-state index in [1.54, 1.807) is 6.20 Å². The Labute approximate surface area is 104 Å². The highest BCUT2D eigenvalue weighted by Gasteiger charge is 2.15. The summed E-state index contributed by atoms with van der Waals surface area (Å²) in [4.78, 5) is 17.2. The van der Waals surface area contributed by atoms with E-state index in [9.17, 15) is 4.79 Å². The fourth-order valence-electron chi connectivity index (χ4n) is 1.86. The number of H-pyrrole nitrogens is 1. The summed E-state index contributed by atoms with van der Waals surface area (Å²) in [5.74, 6) is 0.181. The molecule has 1 rings (SSSR count). The van der Waals surface area contributed by atoms with Crippen molar-refractivity contribution in [1.82, 2.24) is 9.88 Å². The van der Waals surface area contributed by atoms with Crippen molar-refractivity contribution in [3.63, 3.8) is 0 Å².